The molecule has 0 radical (unpaired) electrons. The molecule has 1 fully saturated rings. The first-order valence-electron chi connectivity index (χ1n) is 9.37. The Morgan fingerprint density at radius 1 is 1.10 bits per heavy atom. The van der Waals surface area contributed by atoms with Crippen LogP contribution in [0.4, 0.5) is 18.9 Å². The molecule has 0 saturated carbocycles. The van der Waals surface area contributed by atoms with Crippen LogP contribution in [0.2, 0.25) is 0 Å². The van der Waals surface area contributed by atoms with E-state index in [0.717, 1.165) is 12.1 Å². The monoisotopic (exact) mass is 458 g/mol. The lowest BCUT2D eigenvalue weighted by Crippen LogP contribution is -2.48. The molecule has 1 saturated heterocycles. The van der Waals surface area contributed by atoms with Crippen molar-refractivity contribution in [2.24, 2.45) is 0 Å². The van der Waals surface area contributed by atoms with E-state index in [0.29, 0.717) is 0 Å². The van der Waals surface area contributed by atoms with Crippen LogP contribution in [0.5, 0.6) is 5.75 Å². The van der Waals surface area contributed by atoms with Gasteiger partial charge in [-0.1, -0.05) is 6.07 Å². The van der Waals surface area contributed by atoms with Crippen LogP contribution in [0, 0.1) is 0 Å². The zero-order chi connectivity index (χ0) is 22.8. The zero-order valence-corrected chi connectivity index (χ0v) is 17.5. The quantitative estimate of drug-likeness (QED) is 0.740. The second kappa shape index (κ2) is 8.85. The van der Waals surface area contributed by atoms with Gasteiger partial charge >= 0.3 is 6.36 Å². The topological polar surface area (TPSA) is 84.9 Å². The SMILES string of the molecule is CC1CN(S(=O)(=O)c2ccc(C(=O)Nc3cccc(OC(F)(F)F)c3)cc2)CC(C)O1. The molecule has 2 aromatic rings. The highest BCUT2D eigenvalue weighted by Gasteiger charge is 2.32. The van der Waals surface area contributed by atoms with Gasteiger partial charge < -0.3 is 14.8 Å². The van der Waals surface area contributed by atoms with Gasteiger partial charge in [-0.3, -0.25) is 4.79 Å². The van der Waals surface area contributed by atoms with Crippen LogP contribution in [0.15, 0.2) is 53.4 Å². The van der Waals surface area contributed by atoms with E-state index < -0.39 is 28.0 Å². The summed E-state index contributed by atoms with van der Waals surface area (Å²) in [5.74, 6) is -1.08. The van der Waals surface area contributed by atoms with Gasteiger partial charge in [-0.15, -0.1) is 13.2 Å². The second-order valence-corrected chi connectivity index (χ2v) is 9.07. The van der Waals surface area contributed by atoms with Gasteiger partial charge in [-0.2, -0.15) is 4.31 Å². The van der Waals surface area contributed by atoms with E-state index in [2.05, 4.69) is 10.1 Å². The molecule has 0 aromatic heterocycles. The number of morpholine rings is 1. The number of sulfonamides is 1. The van der Waals surface area contributed by atoms with Gasteiger partial charge in [-0.25, -0.2) is 8.42 Å². The second-order valence-electron chi connectivity index (χ2n) is 7.13. The van der Waals surface area contributed by atoms with E-state index in [4.69, 9.17) is 4.74 Å². The van der Waals surface area contributed by atoms with E-state index in [1.165, 1.54) is 40.7 Å². The van der Waals surface area contributed by atoms with Crippen molar-refractivity contribution in [2.75, 3.05) is 18.4 Å². The smallest absolute Gasteiger partial charge is 0.406 e. The number of carbonyl (C=O) groups is 1. The Kier molecular flexibility index (Phi) is 6.58. The fraction of sp³-hybridized carbons (Fsp3) is 0.350. The van der Waals surface area contributed by atoms with E-state index >= 15 is 0 Å². The maximum absolute atomic E-state index is 12.9. The number of rotatable bonds is 5. The molecular weight excluding hydrogens is 437 g/mol. The van der Waals surface area contributed by atoms with Crippen molar-refractivity contribution in [1.82, 2.24) is 4.31 Å². The highest BCUT2D eigenvalue weighted by atomic mass is 32.2. The van der Waals surface area contributed by atoms with E-state index in [1.807, 2.05) is 0 Å². The summed E-state index contributed by atoms with van der Waals surface area (Å²) in [4.78, 5) is 12.4. The minimum Gasteiger partial charge on any atom is -0.406 e. The number of halogens is 3. The molecule has 2 unspecified atom stereocenters. The number of benzene rings is 2. The first kappa shape index (κ1) is 23.0. The van der Waals surface area contributed by atoms with Crippen LogP contribution >= 0.6 is 0 Å². The summed E-state index contributed by atoms with van der Waals surface area (Å²) < 4.78 is 73.5. The number of carbonyl (C=O) groups excluding carboxylic acids is 1. The average molecular weight is 458 g/mol. The number of nitrogens with one attached hydrogen (secondary N) is 1. The fourth-order valence-electron chi connectivity index (χ4n) is 3.23. The standard InChI is InChI=1S/C20H21F3N2O5S/c1-13-11-25(12-14(2)29-13)31(27,28)18-8-6-15(7-9-18)19(26)24-16-4-3-5-17(10-16)30-20(21,22)23/h3-10,13-14H,11-12H2,1-2H3,(H,24,26). The maximum atomic E-state index is 12.9. The summed E-state index contributed by atoms with van der Waals surface area (Å²) in [6.45, 7) is 4.04. The first-order chi connectivity index (χ1) is 14.4. The number of alkyl halides is 3. The molecule has 3 rings (SSSR count). The lowest BCUT2D eigenvalue weighted by atomic mass is 10.2. The molecule has 31 heavy (non-hydrogen) atoms. The summed E-state index contributed by atoms with van der Waals surface area (Å²) in [6, 6.07) is 10.2. The average Bonchev–Trinajstić information content (AvgIpc) is 2.66. The van der Waals surface area contributed by atoms with Crippen molar-refractivity contribution in [3.8, 4) is 5.75 Å². The number of hydrogen-bond donors (Lipinski definition) is 1. The minimum atomic E-state index is -4.85. The van der Waals surface area contributed by atoms with Crippen molar-refractivity contribution in [3.05, 3.63) is 54.1 Å². The van der Waals surface area contributed by atoms with Crippen LogP contribution in [0.3, 0.4) is 0 Å². The molecule has 11 heteroatoms. The number of amides is 1. The molecule has 168 valence electrons. The van der Waals surface area contributed by atoms with Crippen LogP contribution < -0.4 is 10.1 Å². The Hall–Kier alpha value is -2.63. The summed E-state index contributed by atoms with van der Waals surface area (Å²) in [5, 5.41) is 2.45. The highest BCUT2D eigenvalue weighted by Crippen LogP contribution is 2.26. The zero-order valence-electron chi connectivity index (χ0n) is 16.7. The molecule has 7 nitrogen and oxygen atoms in total. The van der Waals surface area contributed by atoms with E-state index in [9.17, 15) is 26.4 Å². The Morgan fingerprint density at radius 3 is 2.29 bits per heavy atom. The van der Waals surface area contributed by atoms with Gasteiger partial charge in [0.2, 0.25) is 10.0 Å². The summed E-state index contributed by atoms with van der Waals surface area (Å²) in [7, 11) is -3.75. The molecule has 1 heterocycles. The molecule has 1 N–H and O–H groups in total. The maximum Gasteiger partial charge on any atom is 0.573 e. The molecule has 2 atom stereocenters. The molecule has 0 aliphatic carbocycles. The van der Waals surface area contributed by atoms with Gasteiger partial charge in [-0.05, 0) is 50.2 Å². The van der Waals surface area contributed by atoms with Gasteiger partial charge in [0.25, 0.3) is 5.91 Å². The lowest BCUT2D eigenvalue weighted by molar-refractivity contribution is -0.274. The molecule has 1 aliphatic rings. The summed E-state index contributed by atoms with van der Waals surface area (Å²) >= 11 is 0. The molecule has 2 aromatic carbocycles. The third kappa shape index (κ3) is 5.96. The number of hydrogen-bond acceptors (Lipinski definition) is 5. The Morgan fingerprint density at radius 2 is 1.71 bits per heavy atom. The third-order valence-corrected chi connectivity index (χ3v) is 6.31. The Labute approximate surface area is 177 Å². The van der Waals surface area contributed by atoms with Gasteiger partial charge in [0.1, 0.15) is 5.75 Å². The number of nitrogens with zero attached hydrogens (tertiary/aromatic N) is 1. The Bertz CT molecular complexity index is 1030. The predicted molar refractivity (Wildman–Crippen MR) is 106 cm³/mol. The largest absolute Gasteiger partial charge is 0.573 e. The van der Waals surface area contributed by atoms with Gasteiger partial charge in [0.05, 0.1) is 17.1 Å². The van der Waals surface area contributed by atoms with E-state index in [-0.39, 0.29) is 41.4 Å². The van der Waals surface area contributed by atoms with Crippen molar-refractivity contribution in [2.45, 2.75) is 37.3 Å². The van der Waals surface area contributed by atoms with Crippen LogP contribution in [0.1, 0.15) is 24.2 Å². The summed E-state index contributed by atoms with van der Waals surface area (Å²) in [5.41, 5.74) is 0.240. The Balaban J connectivity index is 1.71. The summed E-state index contributed by atoms with van der Waals surface area (Å²) in [6.07, 6.45) is -5.32. The molecule has 1 aliphatic heterocycles. The lowest BCUT2D eigenvalue weighted by Gasteiger charge is -2.34. The number of anilines is 1. The molecular formula is C20H21F3N2O5S. The fourth-order valence-corrected chi connectivity index (χ4v) is 4.82. The highest BCUT2D eigenvalue weighted by molar-refractivity contribution is 7.89. The van der Waals surface area contributed by atoms with Gasteiger partial charge in [0.15, 0.2) is 0 Å². The molecule has 0 spiro atoms. The first-order valence-corrected chi connectivity index (χ1v) is 10.8. The molecule has 0 bridgehead atoms. The van der Waals surface area contributed by atoms with Crippen molar-refractivity contribution in [3.63, 3.8) is 0 Å². The molecule has 1 amide bonds. The number of ether oxygens (including phenoxy) is 2. The van der Waals surface area contributed by atoms with Crippen molar-refractivity contribution >= 4 is 21.6 Å². The minimum absolute atomic E-state index is 0.0333. The van der Waals surface area contributed by atoms with Crippen LogP contribution in [-0.4, -0.2) is 50.3 Å². The predicted octanol–water partition coefficient (Wildman–Crippen LogP) is 3.64. The van der Waals surface area contributed by atoms with Crippen LogP contribution in [0.25, 0.3) is 0 Å². The van der Waals surface area contributed by atoms with E-state index in [1.54, 1.807) is 13.8 Å². The third-order valence-electron chi connectivity index (χ3n) is 4.47. The van der Waals surface area contributed by atoms with Crippen molar-refractivity contribution in [1.29, 1.82) is 0 Å². The van der Waals surface area contributed by atoms with Crippen LogP contribution in [-0.2, 0) is 14.8 Å². The van der Waals surface area contributed by atoms with Crippen molar-refractivity contribution < 1.29 is 35.9 Å². The van der Waals surface area contributed by atoms with Gasteiger partial charge in [0, 0.05) is 30.4 Å². The normalized spacial score (nSPS) is 20.3.